The summed E-state index contributed by atoms with van der Waals surface area (Å²) in [6.07, 6.45) is 0.667. The van der Waals surface area contributed by atoms with Gasteiger partial charge in [0, 0.05) is 30.6 Å². The monoisotopic (exact) mass is 327 g/mol. The van der Waals surface area contributed by atoms with E-state index in [1.165, 1.54) is 9.78 Å². The first-order valence-electron chi connectivity index (χ1n) is 7.04. The van der Waals surface area contributed by atoms with Crippen LogP contribution in [0.3, 0.4) is 0 Å². The Morgan fingerprint density at radius 1 is 1.43 bits per heavy atom. The minimum Gasteiger partial charge on any atom is -0.322 e. The maximum atomic E-state index is 12.6. The van der Waals surface area contributed by atoms with Gasteiger partial charge in [0.25, 0.3) is 5.91 Å². The molecule has 5 nitrogen and oxygen atoms in total. The third-order valence-electron chi connectivity index (χ3n) is 4.07. The molecule has 1 spiro atoms. The predicted octanol–water partition coefficient (Wildman–Crippen LogP) is 2.31. The largest absolute Gasteiger partial charge is 0.325 e. The minimum absolute atomic E-state index is 0.0887. The highest BCUT2D eigenvalue weighted by molar-refractivity contribution is 7.16. The van der Waals surface area contributed by atoms with Gasteiger partial charge in [0.1, 0.15) is 5.54 Å². The average Bonchev–Trinajstić information content (AvgIpc) is 3.03. The molecule has 1 N–H and O–H groups in total. The van der Waals surface area contributed by atoms with Crippen LogP contribution in [-0.2, 0) is 11.3 Å². The van der Waals surface area contributed by atoms with Crippen molar-refractivity contribution in [2.75, 3.05) is 13.1 Å². The van der Waals surface area contributed by atoms with Gasteiger partial charge in [-0.05, 0) is 32.4 Å². The molecule has 0 unspecified atom stereocenters. The third kappa shape index (κ3) is 2.56. The number of likely N-dealkylation sites (tertiary alicyclic amines) is 1. The Kier molecular flexibility index (Phi) is 3.71. The van der Waals surface area contributed by atoms with E-state index in [1.807, 2.05) is 26.0 Å². The van der Waals surface area contributed by atoms with E-state index in [0.717, 1.165) is 17.4 Å². The summed E-state index contributed by atoms with van der Waals surface area (Å²) in [6, 6.07) is 3.52. The summed E-state index contributed by atoms with van der Waals surface area (Å²) < 4.78 is 0.773. The highest BCUT2D eigenvalue weighted by Crippen LogP contribution is 2.31. The zero-order valence-electron chi connectivity index (χ0n) is 12.1. The van der Waals surface area contributed by atoms with Gasteiger partial charge in [-0.2, -0.15) is 0 Å². The normalized spacial score (nSPS) is 26.4. The van der Waals surface area contributed by atoms with E-state index in [2.05, 4.69) is 10.2 Å². The fourth-order valence-corrected chi connectivity index (χ4v) is 4.20. The first-order valence-corrected chi connectivity index (χ1v) is 8.23. The van der Waals surface area contributed by atoms with Gasteiger partial charge in [-0.3, -0.25) is 14.6 Å². The predicted molar refractivity (Wildman–Crippen MR) is 82.5 cm³/mol. The molecule has 21 heavy (non-hydrogen) atoms. The van der Waals surface area contributed by atoms with Gasteiger partial charge in [-0.15, -0.1) is 11.3 Å². The number of carbonyl (C=O) groups is 2. The summed E-state index contributed by atoms with van der Waals surface area (Å²) in [6.45, 7) is 5.85. The van der Waals surface area contributed by atoms with Crippen LogP contribution in [-0.4, -0.2) is 46.4 Å². The Balaban J connectivity index is 1.71. The molecule has 1 atom stereocenters. The lowest BCUT2D eigenvalue weighted by molar-refractivity contribution is -0.132. The van der Waals surface area contributed by atoms with E-state index in [1.54, 1.807) is 11.3 Å². The molecule has 2 saturated heterocycles. The molecule has 1 aromatic rings. The van der Waals surface area contributed by atoms with Crippen LogP contribution >= 0.6 is 22.9 Å². The topological polar surface area (TPSA) is 52.7 Å². The van der Waals surface area contributed by atoms with E-state index in [9.17, 15) is 9.59 Å². The highest BCUT2D eigenvalue weighted by Gasteiger charge is 2.55. The average molecular weight is 328 g/mol. The molecule has 0 aromatic carbocycles. The summed E-state index contributed by atoms with van der Waals surface area (Å²) in [5, 5.41) is 2.90. The van der Waals surface area contributed by atoms with Crippen LogP contribution in [0.4, 0.5) is 4.79 Å². The highest BCUT2D eigenvalue weighted by atomic mass is 35.5. The number of hydrogen-bond acceptors (Lipinski definition) is 4. The Labute approximate surface area is 132 Å². The van der Waals surface area contributed by atoms with Crippen LogP contribution in [0.1, 0.15) is 25.1 Å². The molecule has 3 rings (SSSR count). The summed E-state index contributed by atoms with van der Waals surface area (Å²) in [5.41, 5.74) is -0.734. The number of urea groups is 1. The summed E-state index contributed by atoms with van der Waals surface area (Å²) in [4.78, 5) is 29.3. The maximum absolute atomic E-state index is 12.6. The van der Waals surface area contributed by atoms with E-state index < -0.39 is 5.54 Å². The van der Waals surface area contributed by atoms with Crippen molar-refractivity contribution < 1.29 is 9.59 Å². The van der Waals surface area contributed by atoms with E-state index in [-0.39, 0.29) is 18.0 Å². The van der Waals surface area contributed by atoms with Crippen molar-refractivity contribution >= 4 is 34.9 Å². The number of rotatable bonds is 3. The molecule has 1 aromatic heterocycles. The molecule has 3 amide bonds. The van der Waals surface area contributed by atoms with Gasteiger partial charge in [0.15, 0.2) is 0 Å². The van der Waals surface area contributed by atoms with Gasteiger partial charge >= 0.3 is 6.03 Å². The standard InChI is InChI=1S/C14H18ClN3O2S/c1-9(2)18-12(19)14(16-13(18)20)5-6-17(8-14)7-10-3-4-11(15)21-10/h3-4,9H,5-8H2,1-2H3,(H,16,20)/t14-/m1/s1. The molecule has 114 valence electrons. The Morgan fingerprint density at radius 2 is 2.19 bits per heavy atom. The molecule has 2 aliphatic rings. The van der Waals surface area contributed by atoms with Crippen molar-refractivity contribution in [2.45, 2.75) is 38.4 Å². The zero-order valence-corrected chi connectivity index (χ0v) is 13.6. The zero-order chi connectivity index (χ0) is 15.2. The third-order valence-corrected chi connectivity index (χ3v) is 5.28. The van der Waals surface area contributed by atoms with Gasteiger partial charge in [-0.25, -0.2) is 4.79 Å². The quantitative estimate of drug-likeness (QED) is 0.867. The number of nitrogens with zero attached hydrogens (tertiary/aromatic N) is 2. The number of halogens is 1. The number of thiophene rings is 1. The lowest BCUT2D eigenvalue weighted by atomic mass is 9.98. The van der Waals surface area contributed by atoms with Gasteiger partial charge in [0.05, 0.1) is 4.34 Å². The van der Waals surface area contributed by atoms with Crippen molar-refractivity contribution in [1.82, 2.24) is 15.1 Å². The molecule has 2 aliphatic heterocycles. The van der Waals surface area contributed by atoms with E-state index in [4.69, 9.17) is 11.6 Å². The van der Waals surface area contributed by atoms with Gasteiger partial charge < -0.3 is 5.32 Å². The minimum atomic E-state index is -0.734. The molecule has 0 radical (unpaired) electrons. The summed E-state index contributed by atoms with van der Waals surface area (Å²) >= 11 is 7.50. The van der Waals surface area contributed by atoms with Crippen molar-refractivity contribution in [1.29, 1.82) is 0 Å². The molecule has 0 saturated carbocycles. The van der Waals surface area contributed by atoms with Crippen molar-refractivity contribution in [3.63, 3.8) is 0 Å². The van der Waals surface area contributed by atoms with Crippen LogP contribution in [0, 0.1) is 0 Å². The maximum Gasteiger partial charge on any atom is 0.325 e. The summed E-state index contributed by atoms with van der Waals surface area (Å²) in [7, 11) is 0. The van der Waals surface area contributed by atoms with Crippen LogP contribution in [0.5, 0.6) is 0 Å². The molecule has 3 heterocycles. The Hall–Kier alpha value is -1.11. The number of carbonyl (C=O) groups excluding carboxylic acids is 2. The van der Waals surface area contributed by atoms with Gasteiger partial charge in [0.2, 0.25) is 0 Å². The first kappa shape index (κ1) is 14.8. The molecule has 0 aliphatic carbocycles. The van der Waals surface area contributed by atoms with Crippen LogP contribution in [0.15, 0.2) is 12.1 Å². The number of nitrogens with one attached hydrogen (secondary N) is 1. The molecular formula is C14H18ClN3O2S. The molecule has 2 fully saturated rings. The smallest absolute Gasteiger partial charge is 0.322 e. The Morgan fingerprint density at radius 3 is 2.76 bits per heavy atom. The van der Waals surface area contributed by atoms with Crippen LogP contribution < -0.4 is 5.32 Å². The van der Waals surface area contributed by atoms with E-state index >= 15 is 0 Å². The second-order valence-electron chi connectivity index (χ2n) is 5.95. The van der Waals surface area contributed by atoms with Crippen molar-refractivity contribution in [3.8, 4) is 0 Å². The van der Waals surface area contributed by atoms with Crippen LogP contribution in [0.25, 0.3) is 0 Å². The number of hydrogen-bond donors (Lipinski definition) is 1. The van der Waals surface area contributed by atoms with Crippen LogP contribution in [0.2, 0.25) is 4.34 Å². The summed E-state index contributed by atoms with van der Waals surface area (Å²) in [5.74, 6) is -0.0887. The fourth-order valence-electron chi connectivity index (χ4n) is 3.07. The fraction of sp³-hybridized carbons (Fsp3) is 0.571. The second-order valence-corrected chi connectivity index (χ2v) is 7.75. The Bertz CT molecular complexity index is 589. The molecule has 0 bridgehead atoms. The van der Waals surface area contributed by atoms with Gasteiger partial charge in [-0.1, -0.05) is 11.6 Å². The first-order chi connectivity index (χ1) is 9.91. The second kappa shape index (κ2) is 5.26. The lowest BCUT2D eigenvalue weighted by Crippen LogP contribution is -2.49. The molecular weight excluding hydrogens is 310 g/mol. The van der Waals surface area contributed by atoms with Crippen molar-refractivity contribution in [3.05, 3.63) is 21.3 Å². The SMILES string of the molecule is CC(C)N1C(=O)N[C@@]2(CCN(Cc3ccc(Cl)s3)C2)C1=O. The van der Waals surface area contributed by atoms with Crippen molar-refractivity contribution in [2.24, 2.45) is 0 Å². The number of imide groups is 1. The lowest BCUT2D eigenvalue weighted by Gasteiger charge is -2.23. The molecule has 7 heteroatoms. The number of amides is 3. The van der Waals surface area contributed by atoms with E-state index in [0.29, 0.717) is 13.0 Å².